The standard InChI is InChI=1S/C13H21N3O2S/c1-5-9(4)14-12(18)10-7-19-13(15-10)16-11(17)6-8(2)3/h7-9H,5-6H2,1-4H3,(H,14,18)(H,15,16,17)/t9-/m1/s1. The van der Waals surface area contributed by atoms with Gasteiger partial charge in [-0.25, -0.2) is 4.98 Å². The molecule has 0 aliphatic rings. The Bertz CT molecular complexity index is 443. The van der Waals surface area contributed by atoms with Crippen LogP contribution in [0.1, 0.15) is 51.0 Å². The first-order valence-electron chi connectivity index (χ1n) is 6.48. The molecule has 0 aromatic carbocycles. The first kappa shape index (κ1) is 15.6. The van der Waals surface area contributed by atoms with Crippen molar-refractivity contribution < 1.29 is 9.59 Å². The minimum absolute atomic E-state index is 0.0711. The molecule has 2 amide bonds. The molecule has 1 aromatic rings. The average Bonchev–Trinajstić information content (AvgIpc) is 2.76. The van der Waals surface area contributed by atoms with Crippen LogP contribution in [0.4, 0.5) is 5.13 Å². The molecule has 1 heterocycles. The maximum atomic E-state index is 11.8. The Labute approximate surface area is 117 Å². The molecule has 0 spiro atoms. The molecule has 6 heteroatoms. The molecular weight excluding hydrogens is 262 g/mol. The number of thiazole rings is 1. The molecule has 0 bridgehead atoms. The zero-order valence-electron chi connectivity index (χ0n) is 11.8. The number of carbonyl (C=O) groups is 2. The third-order valence-corrected chi connectivity index (χ3v) is 3.32. The fourth-order valence-corrected chi connectivity index (χ4v) is 2.08. The normalized spacial score (nSPS) is 12.3. The van der Waals surface area contributed by atoms with Crippen molar-refractivity contribution in [1.82, 2.24) is 10.3 Å². The number of amides is 2. The van der Waals surface area contributed by atoms with Gasteiger partial charge in [-0.1, -0.05) is 20.8 Å². The van der Waals surface area contributed by atoms with Crippen LogP contribution in [0.2, 0.25) is 0 Å². The van der Waals surface area contributed by atoms with Crippen molar-refractivity contribution in [3.05, 3.63) is 11.1 Å². The van der Waals surface area contributed by atoms with Crippen molar-refractivity contribution in [2.24, 2.45) is 5.92 Å². The summed E-state index contributed by atoms with van der Waals surface area (Å²) in [6, 6.07) is 0.119. The van der Waals surface area contributed by atoms with Crippen molar-refractivity contribution in [3.63, 3.8) is 0 Å². The Morgan fingerprint density at radius 2 is 2.05 bits per heavy atom. The fraction of sp³-hybridized carbons (Fsp3) is 0.615. The lowest BCUT2D eigenvalue weighted by Gasteiger charge is -2.09. The molecule has 0 saturated heterocycles. The topological polar surface area (TPSA) is 71.1 Å². The van der Waals surface area contributed by atoms with Crippen molar-refractivity contribution in [1.29, 1.82) is 0 Å². The molecule has 5 nitrogen and oxygen atoms in total. The van der Waals surface area contributed by atoms with Crippen LogP contribution in [0.15, 0.2) is 5.38 Å². The predicted molar refractivity (Wildman–Crippen MR) is 77.4 cm³/mol. The Hall–Kier alpha value is -1.43. The number of carbonyl (C=O) groups excluding carboxylic acids is 2. The number of nitrogens with one attached hydrogen (secondary N) is 2. The summed E-state index contributed by atoms with van der Waals surface area (Å²) in [4.78, 5) is 27.5. The van der Waals surface area contributed by atoms with Crippen LogP contribution in [-0.2, 0) is 4.79 Å². The quantitative estimate of drug-likeness (QED) is 0.843. The summed E-state index contributed by atoms with van der Waals surface area (Å²) in [6.07, 6.45) is 1.32. The largest absolute Gasteiger partial charge is 0.348 e. The van der Waals surface area contributed by atoms with E-state index in [-0.39, 0.29) is 17.9 Å². The van der Waals surface area contributed by atoms with Crippen molar-refractivity contribution in [2.45, 2.75) is 46.6 Å². The van der Waals surface area contributed by atoms with Crippen molar-refractivity contribution >= 4 is 28.3 Å². The molecular formula is C13H21N3O2S. The summed E-state index contributed by atoms with van der Waals surface area (Å²) in [6.45, 7) is 7.90. The zero-order valence-corrected chi connectivity index (χ0v) is 12.6. The molecule has 0 radical (unpaired) electrons. The van der Waals surface area contributed by atoms with E-state index < -0.39 is 0 Å². The first-order chi connectivity index (χ1) is 8.92. The molecule has 1 rings (SSSR count). The number of nitrogens with zero attached hydrogens (tertiary/aromatic N) is 1. The summed E-state index contributed by atoms with van der Waals surface area (Å²) in [5.74, 6) is 0.0290. The lowest BCUT2D eigenvalue weighted by atomic mass is 10.1. The Morgan fingerprint density at radius 1 is 1.37 bits per heavy atom. The monoisotopic (exact) mass is 283 g/mol. The molecule has 0 saturated carbocycles. The van der Waals surface area contributed by atoms with Gasteiger partial charge in [0.1, 0.15) is 5.69 Å². The summed E-state index contributed by atoms with van der Waals surface area (Å²) in [5.41, 5.74) is 0.352. The third kappa shape index (κ3) is 5.38. The summed E-state index contributed by atoms with van der Waals surface area (Å²) in [7, 11) is 0. The van der Waals surface area contributed by atoms with E-state index in [0.717, 1.165) is 6.42 Å². The van der Waals surface area contributed by atoms with Gasteiger partial charge in [-0.3, -0.25) is 9.59 Å². The fourth-order valence-electron chi connectivity index (χ4n) is 1.38. The van der Waals surface area contributed by atoms with Gasteiger partial charge >= 0.3 is 0 Å². The summed E-state index contributed by atoms with van der Waals surface area (Å²) < 4.78 is 0. The van der Waals surface area contributed by atoms with E-state index in [1.54, 1.807) is 5.38 Å². The van der Waals surface area contributed by atoms with Crippen molar-refractivity contribution in [3.8, 4) is 0 Å². The van der Waals surface area contributed by atoms with Gasteiger partial charge in [0.25, 0.3) is 5.91 Å². The molecule has 106 valence electrons. The highest BCUT2D eigenvalue weighted by atomic mass is 32.1. The minimum atomic E-state index is -0.199. The van der Waals surface area contributed by atoms with E-state index in [4.69, 9.17) is 0 Å². The highest BCUT2D eigenvalue weighted by molar-refractivity contribution is 7.14. The number of aromatic nitrogens is 1. The number of rotatable bonds is 6. The van der Waals surface area contributed by atoms with Gasteiger partial charge in [0.15, 0.2) is 5.13 Å². The molecule has 2 N–H and O–H groups in total. The Balaban J connectivity index is 2.57. The van der Waals surface area contributed by atoms with Gasteiger partial charge in [-0.2, -0.15) is 0 Å². The van der Waals surface area contributed by atoms with Gasteiger partial charge in [0.05, 0.1) is 0 Å². The lowest BCUT2D eigenvalue weighted by molar-refractivity contribution is -0.116. The maximum absolute atomic E-state index is 11.8. The van der Waals surface area contributed by atoms with E-state index in [0.29, 0.717) is 23.2 Å². The molecule has 0 fully saturated rings. The van der Waals surface area contributed by atoms with Crippen LogP contribution in [0.5, 0.6) is 0 Å². The van der Waals surface area contributed by atoms with Crippen LogP contribution in [0.3, 0.4) is 0 Å². The average molecular weight is 283 g/mol. The first-order valence-corrected chi connectivity index (χ1v) is 7.36. The number of anilines is 1. The second-order valence-corrected chi connectivity index (χ2v) is 5.82. The summed E-state index contributed by atoms with van der Waals surface area (Å²) in [5, 5.41) is 7.67. The van der Waals surface area contributed by atoms with E-state index in [9.17, 15) is 9.59 Å². The second-order valence-electron chi connectivity index (χ2n) is 4.97. The van der Waals surface area contributed by atoms with E-state index in [1.807, 2.05) is 27.7 Å². The molecule has 1 aromatic heterocycles. The lowest BCUT2D eigenvalue weighted by Crippen LogP contribution is -2.32. The van der Waals surface area contributed by atoms with Gasteiger partial charge in [0.2, 0.25) is 5.91 Å². The van der Waals surface area contributed by atoms with Gasteiger partial charge in [-0.05, 0) is 19.3 Å². The number of hydrogen-bond acceptors (Lipinski definition) is 4. The van der Waals surface area contributed by atoms with E-state index in [1.165, 1.54) is 11.3 Å². The van der Waals surface area contributed by atoms with E-state index >= 15 is 0 Å². The SMILES string of the molecule is CC[C@@H](C)NC(=O)c1csc(NC(=O)CC(C)C)n1. The highest BCUT2D eigenvalue weighted by Gasteiger charge is 2.14. The Kier molecular flexibility index (Phi) is 5.95. The molecule has 0 aliphatic carbocycles. The summed E-state index contributed by atoms with van der Waals surface area (Å²) >= 11 is 1.26. The molecule has 0 unspecified atom stereocenters. The van der Waals surface area contributed by atoms with Crippen LogP contribution in [0, 0.1) is 5.92 Å². The smallest absolute Gasteiger partial charge is 0.271 e. The molecule has 19 heavy (non-hydrogen) atoms. The van der Waals surface area contributed by atoms with Crippen molar-refractivity contribution in [2.75, 3.05) is 5.32 Å². The highest BCUT2D eigenvalue weighted by Crippen LogP contribution is 2.16. The molecule has 1 atom stereocenters. The number of hydrogen-bond donors (Lipinski definition) is 2. The second kappa shape index (κ2) is 7.23. The molecule has 0 aliphatic heterocycles. The van der Waals surface area contributed by atoms with Crippen LogP contribution in [-0.4, -0.2) is 22.8 Å². The minimum Gasteiger partial charge on any atom is -0.348 e. The maximum Gasteiger partial charge on any atom is 0.271 e. The zero-order chi connectivity index (χ0) is 14.4. The van der Waals surface area contributed by atoms with Gasteiger partial charge in [-0.15, -0.1) is 11.3 Å². The van der Waals surface area contributed by atoms with Gasteiger partial charge in [0, 0.05) is 17.8 Å². The third-order valence-electron chi connectivity index (χ3n) is 2.57. The predicted octanol–water partition coefficient (Wildman–Crippen LogP) is 2.66. The van der Waals surface area contributed by atoms with Gasteiger partial charge < -0.3 is 10.6 Å². The van der Waals surface area contributed by atoms with E-state index in [2.05, 4.69) is 15.6 Å². The van der Waals surface area contributed by atoms with Crippen LogP contribution < -0.4 is 10.6 Å². The van der Waals surface area contributed by atoms with Crippen LogP contribution >= 0.6 is 11.3 Å². The Morgan fingerprint density at radius 3 is 2.63 bits per heavy atom. The van der Waals surface area contributed by atoms with Crippen LogP contribution in [0.25, 0.3) is 0 Å².